The quantitative estimate of drug-likeness (QED) is 0.537. The van der Waals surface area contributed by atoms with Gasteiger partial charge in [0.2, 0.25) is 0 Å². The summed E-state index contributed by atoms with van der Waals surface area (Å²) in [6, 6.07) is 0. The fourth-order valence-electron chi connectivity index (χ4n) is 2.87. The topological polar surface area (TPSA) is 100 Å². The summed E-state index contributed by atoms with van der Waals surface area (Å²) in [5.41, 5.74) is -1.66. The second-order valence-corrected chi connectivity index (χ2v) is 6.53. The highest BCUT2D eigenvalue weighted by Crippen LogP contribution is 2.14. The molecule has 3 aliphatic heterocycles. The molecule has 0 bridgehead atoms. The van der Waals surface area contributed by atoms with E-state index in [-0.39, 0.29) is 37.9 Å². The Hall–Kier alpha value is -1.71. The van der Waals surface area contributed by atoms with Crippen LogP contribution in [0.4, 0.5) is 0 Å². The second kappa shape index (κ2) is 6.30. The molecule has 3 unspecified atom stereocenters. The lowest BCUT2D eigenvalue weighted by Gasteiger charge is -2.27. The van der Waals surface area contributed by atoms with Crippen LogP contribution in [0.1, 0.15) is 19.3 Å². The van der Waals surface area contributed by atoms with Gasteiger partial charge in [-0.05, 0) is 19.3 Å². The van der Waals surface area contributed by atoms with E-state index in [0.29, 0.717) is 32.7 Å². The van der Waals surface area contributed by atoms with E-state index < -0.39 is 17.1 Å². The van der Waals surface area contributed by atoms with E-state index in [1.807, 2.05) is 0 Å². The standard InChI is InChI=1S/C15H21N3O6/c19-13-16(4-1-11-8-23-11)14(20)18(7-10-3-6-22-10)15(21)17(13)5-2-12-9-24-12/h10-12H,1-9H2. The Morgan fingerprint density at radius 1 is 0.750 bits per heavy atom. The van der Waals surface area contributed by atoms with Crippen molar-refractivity contribution in [1.29, 1.82) is 0 Å². The summed E-state index contributed by atoms with van der Waals surface area (Å²) in [7, 11) is 0. The van der Waals surface area contributed by atoms with E-state index in [1.54, 1.807) is 0 Å². The molecule has 3 fully saturated rings. The largest absolute Gasteiger partial charge is 0.376 e. The minimum Gasteiger partial charge on any atom is -0.376 e. The van der Waals surface area contributed by atoms with Crippen molar-refractivity contribution in [3.63, 3.8) is 0 Å². The molecule has 0 spiro atoms. The van der Waals surface area contributed by atoms with E-state index in [9.17, 15) is 14.4 Å². The monoisotopic (exact) mass is 339 g/mol. The highest BCUT2D eigenvalue weighted by molar-refractivity contribution is 4.83. The van der Waals surface area contributed by atoms with Crippen LogP contribution in [-0.2, 0) is 33.8 Å². The molecule has 0 amide bonds. The predicted molar refractivity (Wildman–Crippen MR) is 82.3 cm³/mol. The summed E-state index contributed by atoms with van der Waals surface area (Å²) in [6.45, 7) is 2.68. The molecule has 4 rings (SSSR count). The molecule has 0 radical (unpaired) electrons. The van der Waals surface area contributed by atoms with Gasteiger partial charge in [0.1, 0.15) is 0 Å². The van der Waals surface area contributed by atoms with Crippen molar-refractivity contribution in [2.75, 3.05) is 19.8 Å². The summed E-state index contributed by atoms with van der Waals surface area (Å²) in [5, 5.41) is 0. The highest BCUT2D eigenvalue weighted by atomic mass is 16.6. The van der Waals surface area contributed by atoms with Gasteiger partial charge in [-0.3, -0.25) is 0 Å². The second-order valence-electron chi connectivity index (χ2n) is 6.53. The van der Waals surface area contributed by atoms with E-state index in [0.717, 1.165) is 20.1 Å². The van der Waals surface area contributed by atoms with Gasteiger partial charge in [0, 0.05) is 19.7 Å². The first-order valence-electron chi connectivity index (χ1n) is 8.43. The SMILES string of the molecule is O=c1n(CCC2CO2)c(=O)n(CC2CCO2)c(=O)n1CCC1CO1. The number of epoxide rings is 2. The molecular weight excluding hydrogens is 318 g/mol. The molecular formula is C15H21N3O6. The van der Waals surface area contributed by atoms with Gasteiger partial charge in [-0.1, -0.05) is 0 Å². The Kier molecular flexibility index (Phi) is 4.15. The lowest BCUT2D eigenvalue weighted by Crippen LogP contribution is -2.56. The summed E-state index contributed by atoms with van der Waals surface area (Å²) < 4.78 is 19.1. The van der Waals surface area contributed by atoms with Crippen molar-refractivity contribution in [2.45, 2.75) is 57.2 Å². The van der Waals surface area contributed by atoms with Gasteiger partial charge in [-0.2, -0.15) is 0 Å². The number of hydrogen-bond donors (Lipinski definition) is 0. The average Bonchev–Trinajstić information content (AvgIpc) is 3.39. The van der Waals surface area contributed by atoms with E-state index in [4.69, 9.17) is 14.2 Å². The first kappa shape index (κ1) is 15.8. The first-order valence-corrected chi connectivity index (χ1v) is 8.43. The summed E-state index contributed by atoms with van der Waals surface area (Å²) in [5.74, 6) is 0. The molecule has 0 saturated carbocycles. The maximum absolute atomic E-state index is 12.6. The Morgan fingerprint density at radius 3 is 1.58 bits per heavy atom. The summed E-state index contributed by atoms with van der Waals surface area (Å²) in [6.07, 6.45) is 2.10. The highest BCUT2D eigenvalue weighted by Gasteiger charge is 2.27. The summed E-state index contributed by atoms with van der Waals surface area (Å²) >= 11 is 0. The van der Waals surface area contributed by atoms with Crippen LogP contribution in [0.2, 0.25) is 0 Å². The first-order chi connectivity index (χ1) is 11.6. The van der Waals surface area contributed by atoms with Crippen molar-refractivity contribution in [3.8, 4) is 0 Å². The van der Waals surface area contributed by atoms with E-state index in [1.165, 1.54) is 0 Å². The Bertz CT molecular complexity index is 728. The van der Waals surface area contributed by atoms with Crippen LogP contribution in [0.5, 0.6) is 0 Å². The van der Waals surface area contributed by atoms with Gasteiger partial charge in [-0.25, -0.2) is 28.1 Å². The van der Waals surface area contributed by atoms with Gasteiger partial charge in [-0.15, -0.1) is 0 Å². The zero-order valence-corrected chi connectivity index (χ0v) is 13.4. The lowest BCUT2D eigenvalue weighted by molar-refractivity contribution is -0.0609. The maximum atomic E-state index is 12.6. The maximum Gasteiger partial charge on any atom is 0.336 e. The van der Waals surface area contributed by atoms with Crippen LogP contribution >= 0.6 is 0 Å². The predicted octanol–water partition coefficient (Wildman–Crippen LogP) is -1.46. The Labute approximate surface area is 137 Å². The third-order valence-corrected chi connectivity index (χ3v) is 4.72. The smallest absolute Gasteiger partial charge is 0.336 e. The third kappa shape index (κ3) is 3.24. The van der Waals surface area contributed by atoms with Crippen molar-refractivity contribution >= 4 is 0 Å². The Balaban J connectivity index is 1.67. The molecule has 3 atom stereocenters. The number of nitrogens with zero attached hydrogens (tertiary/aromatic N) is 3. The third-order valence-electron chi connectivity index (χ3n) is 4.72. The minimum atomic E-state index is -0.555. The van der Waals surface area contributed by atoms with Crippen LogP contribution in [0.15, 0.2) is 14.4 Å². The van der Waals surface area contributed by atoms with Crippen molar-refractivity contribution in [3.05, 3.63) is 31.5 Å². The van der Waals surface area contributed by atoms with E-state index in [2.05, 4.69) is 0 Å². The normalized spacial score (nSPS) is 27.8. The minimum absolute atomic E-state index is 0.111. The fraction of sp³-hybridized carbons (Fsp3) is 0.800. The van der Waals surface area contributed by atoms with Crippen LogP contribution in [-0.4, -0.2) is 51.8 Å². The number of ether oxygens (including phenoxy) is 3. The van der Waals surface area contributed by atoms with Gasteiger partial charge in [0.15, 0.2) is 0 Å². The molecule has 3 aliphatic rings. The molecule has 0 N–H and O–H groups in total. The fourth-order valence-corrected chi connectivity index (χ4v) is 2.87. The molecule has 4 heterocycles. The molecule has 3 saturated heterocycles. The molecule has 1 aromatic heterocycles. The van der Waals surface area contributed by atoms with Gasteiger partial charge in [0.05, 0.1) is 38.1 Å². The van der Waals surface area contributed by atoms with Crippen LogP contribution in [0.3, 0.4) is 0 Å². The zero-order chi connectivity index (χ0) is 16.7. The van der Waals surface area contributed by atoms with Crippen molar-refractivity contribution in [1.82, 2.24) is 13.7 Å². The molecule has 9 heteroatoms. The number of hydrogen-bond acceptors (Lipinski definition) is 6. The van der Waals surface area contributed by atoms with Gasteiger partial charge in [0.25, 0.3) is 0 Å². The van der Waals surface area contributed by atoms with Crippen molar-refractivity contribution < 1.29 is 14.2 Å². The van der Waals surface area contributed by atoms with Crippen molar-refractivity contribution in [2.24, 2.45) is 0 Å². The molecule has 0 aromatic carbocycles. The van der Waals surface area contributed by atoms with Crippen LogP contribution in [0.25, 0.3) is 0 Å². The molecule has 9 nitrogen and oxygen atoms in total. The number of aromatic nitrogens is 3. The Morgan fingerprint density at radius 2 is 1.21 bits per heavy atom. The number of rotatable bonds is 8. The molecule has 132 valence electrons. The molecule has 0 aliphatic carbocycles. The average molecular weight is 339 g/mol. The van der Waals surface area contributed by atoms with Crippen LogP contribution < -0.4 is 17.1 Å². The lowest BCUT2D eigenvalue weighted by atomic mass is 10.2. The van der Waals surface area contributed by atoms with Crippen LogP contribution in [0, 0.1) is 0 Å². The van der Waals surface area contributed by atoms with Gasteiger partial charge < -0.3 is 14.2 Å². The van der Waals surface area contributed by atoms with Gasteiger partial charge >= 0.3 is 17.1 Å². The summed E-state index contributed by atoms with van der Waals surface area (Å²) in [4.78, 5) is 37.8. The molecule has 24 heavy (non-hydrogen) atoms. The molecule has 1 aromatic rings. The zero-order valence-electron chi connectivity index (χ0n) is 13.4. The van der Waals surface area contributed by atoms with E-state index >= 15 is 0 Å².